The molecule has 2 amide bonds. The number of nitrogens with one attached hydrogen (secondary N) is 2. The zero-order valence-corrected chi connectivity index (χ0v) is 13.5. The first-order chi connectivity index (χ1) is 11.5. The number of phenols is 1. The molecule has 7 nitrogen and oxygen atoms in total. The maximum Gasteiger partial charge on any atom is 0.275 e. The summed E-state index contributed by atoms with van der Waals surface area (Å²) in [4.78, 5) is 23.8. The lowest BCUT2D eigenvalue weighted by atomic mass is 10.1. The van der Waals surface area contributed by atoms with Crippen LogP contribution in [-0.4, -0.2) is 22.6 Å². The number of aryl methyl sites for hydroxylation is 1. The molecule has 24 heavy (non-hydrogen) atoms. The number of hydrogen-bond acceptors (Lipinski definition) is 5. The summed E-state index contributed by atoms with van der Waals surface area (Å²) in [5.74, 6) is -0.202. The minimum absolute atomic E-state index is 0.0424. The fraction of sp³-hybridized carbons (Fsp3) is 0.235. The summed E-state index contributed by atoms with van der Waals surface area (Å²) in [6.07, 6.45) is 1.57. The Balaban J connectivity index is 1.85. The lowest BCUT2D eigenvalue weighted by Crippen LogP contribution is -2.26. The minimum atomic E-state index is -0.536. The number of para-hydroxylation sites is 1. The highest BCUT2D eigenvalue weighted by atomic mass is 16.3. The summed E-state index contributed by atoms with van der Waals surface area (Å²) in [5.41, 5.74) is 3.50. The Morgan fingerprint density at radius 1 is 1.25 bits per heavy atom. The maximum atomic E-state index is 12.0. The van der Waals surface area contributed by atoms with Crippen LogP contribution in [0.2, 0.25) is 0 Å². The smallest absolute Gasteiger partial charge is 0.275 e. The van der Waals surface area contributed by atoms with Crippen molar-refractivity contribution in [3.8, 4) is 5.75 Å². The molecule has 0 atom stereocenters. The normalized spacial score (nSPS) is 11.2. The molecular weight excluding hydrogens is 310 g/mol. The van der Waals surface area contributed by atoms with E-state index in [1.165, 1.54) is 12.3 Å². The number of nitrogens with zero attached hydrogens (tertiary/aromatic N) is 1. The van der Waals surface area contributed by atoms with Crippen LogP contribution >= 0.6 is 0 Å². The van der Waals surface area contributed by atoms with Crippen LogP contribution in [0.3, 0.4) is 0 Å². The van der Waals surface area contributed by atoms with Crippen LogP contribution in [-0.2, 0) is 11.3 Å². The van der Waals surface area contributed by atoms with Gasteiger partial charge in [-0.3, -0.25) is 9.59 Å². The molecule has 0 fully saturated rings. The zero-order valence-electron chi connectivity index (χ0n) is 13.5. The van der Waals surface area contributed by atoms with E-state index in [9.17, 15) is 14.7 Å². The number of amides is 2. The third-order valence-corrected chi connectivity index (χ3v) is 3.29. The lowest BCUT2D eigenvalue weighted by molar-refractivity contribution is -0.120. The Bertz CT molecular complexity index is 751. The first kappa shape index (κ1) is 17.3. The average Bonchev–Trinajstić information content (AvgIpc) is 3.07. The second-order valence-electron chi connectivity index (χ2n) is 5.29. The van der Waals surface area contributed by atoms with Gasteiger partial charge in [-0.05, 0) is 37.6 Å². The zero-order chi connectivity index (χ0) is 17.5. The summed E-state index contributed by atoms with van der Waals surface area (Å²) in [5, 5.41) is 16.4. The Kier molecular flexibility index (Phi) is 5.73. The first-order valence-corrected chi connectivity index (χ1v) is 7.38. The lowest BCUT2D eigenvalue weighted by Gasteiger charge is -2.06. The molecule has 7 heteroatoms. The molecule has 0 spiro atoms. The number of carbonyl (C=O) groups is 2. The fourth-order valence-corrected chi connectivity index (χ4v) is 1.98. The van der Waals surface area contributed by atoms with E-state index in [1.54, 1.807) is 38.1 Å². The van der Waals surface area contributed by atoms with Gasteiger partial charge >= 0.3 is 0 Å². The molecule has 1 heterocycles. The van der Waals surface area contributed by atoms with Gasteiger partial charge in [-0.25, -0.2) is 5.43 Å². The molecule has 0 aliphatic rings. The Morgan fingerprint density at radius 2 is 2.04 bits per heavy atom. The Hall–Kier alpha value is -3.09. The predicted molar refractivity (Wildman–Crippen MR) is 88.6 cm³/mol. The van der Waals surface area contributed by atoms with E-state index in [-0.39, 0.29) is 23.6 Å². The summed E-state index contributed by atoms with van der Waals surface area (Å²) >= 11 is 0. The van der Waals surface area contributed by atoms with Gasteiger partial charge in [0.2, 0.25) is 5.91 Å². The SMILES string of the molecule is C/C(CC(=O)NCc1ccco1)=N/NC(=O)c1cccc(C)c1O. The highest BCUT2D eigenvalue weighted by molar-refractivity contribution is 6.01. The molecule has 2 rings (SSSR count). The molecule has 0 saturated carbocycles. The molecule has 2 aromatic rings. The van der Waals surface area contributed by atoms with Crippen molar-refractivity contribution in [2.24, 2.45) is 5.10 Å². The topological polar surface area (TPSA) is 104 Å². The van der Waals surface area contributed by atoms with Crippen LogP contribution < -0.4 is 10.7 Å². The molecule has 1 aromatic heterocycles. The van der Waals surface area contributed by atoms with Crippen molar-refractivity contribution in [3.63, 3.8) is 0 Å². The minimum Gasteiger partial charge on any atom is -0.507 e. The molecule has 3 N–H and O–H groups in total. The number of hydrogen-bond donors (Lipinski definition) is 3. The highest BCUT2D eigenvalue weighted by Gasteiger charge is 2.12. The standard InChI is InChI=1S/C17H19N3O4/c1-11-5-3-7-14(16(11)22)17(23)20-19-12(2)9-15(21)18-10-13-6-4-8-24-13/h3-8,22H,9-10H2,1-2H3,(H,18,21)(H,20,23)/b19-12-. The van der Waals surface area contributed by atoms with Gasteiger partial charge in [-0.15, -0.1) is 0 Å². The van der Waals surface area contributed by atoms with E-state index < -0.39 is 5.91 Å². The molecule has 126 valence electrons. The van der Waals surface area contributed by atoms with Crippen molar-refractivity contribution in [1.82, 2.24) is 10.7 Å². The average molecular weight is 329 g/mol. The van der Waals surface area contributed by atoms with E-state index in [0.717, 1.165) is 0 Å². The third kappa shape index (κ3) is 4.70. The van der Waals surface area contributed by atoms with Crippen molar-refractivity contribution >= 4 is 17.5 Å². The number of aromatic hydroxyl groups is 1. The van der Waals surface area contributed by atoms with Gasteiger partial charge in [0, 0.05) is 5.71 Å². The van der Waals surface area contributed by atoms with Gasteiger partial charge < -0.3 is 14.8 Å². The van der Waals surface area contributed by atoms with Gasteiger partial charge in [0.1, 0.15) is 11.5 Å². The van der Waals surface area contributed by atoms with Crippen molar-refractivity contribution in [2.45, 2.75) is 26.8 Å². The van der Waals surface area contributed by atoms with Gasteiger partial charge in [0.15, 0.2) is 0 Å². The van der Waals surface area contributed by atoms with Crippen LogP contribution in [0.15, 0.2) is 46.1 Å². The van der Waals surface area contributed by atoms with Gasteiger partial charge in [0.05, 0.1) is 24.8 Å². The summed E-state index contributed by atoms with van der Waals surface area (Å²) in [6, 6.07) is 8.37. The molecule has 0 aliphatic heterocycles. The maximum absolute atomic E-state index is 12.0. The predicted octanol–water partition coefficient (Wildman–Crippen LogP) is 2.11. The number of furan rings is 1. The van der Waals surface area contributed by atoms with Gasteiger partial charge in [-0.1, -0.05) is 12.1 Å². The van der Waals surface area contributed by atoms with Gasteiger partial charge in [-0.2, -0.15) is 5.10 Å². The summed E-state index contributed by atoms with van der Waals surface area (Å²) < 4.78 is 5.11. The van der Waals surface area contributed by atoms with Crippen LogP contribution in [0.5, 0.6) is 5.75 Å². The summed E-state index contributed by atoms with van der Waals surface area (Å²) in [7, 11) is 0. The van der Waals surface area contributed by atoms with Crippen LogP contribution in [0, 0.1) is 6.92 Å². The number of phenolic OH excluding ortho intramolecular Hbond substituents is 1. The van der Waals surface area contributed by atoms with Crippen molar-refractivity contribution < 1.29 is 19.1 Å². The second-order valence-corrected chi connectivity index (χ2v) is 5.29. The summed E-state index contributed by atoms with van der Waals surface area (Å²) in [6.45, 7) is 3.62. The van der Waals surface area contributed by atoms with E-state index in [0.29, 0.717) is 23.6 Å². The Labute approximate surface area is 139 Å². The van der Waals surface area contributed by atoms with Crippen molar-refractivity contribution in [1.29, 1.82) is 0 Å². The fourth-order valence-electron chi connectivity index (χ4n) is 1.98. The number of rotatable bonds is 6. The molecule has 0 radical (unpaired) electrons. The van der Waals surface area contributed by atoms with Crippen LogP contribution in [0.1, 0.15) is 35.0 Å². The molecule has 0 aliphatic carbocycles. The largest absolute Gasteiger partial charge is 0.507 e. The molecule has 0 saturated heterocycles. The molecular formula is C17H19N3O4. The molecule has 0 unspecified atom stereocenters. The molecule has 0 bridgehead atoms. The van der Waals surface area contributed by atoms with Crippen molar-refractivity contribution in [3.05, 3.63) is 53.5 Å². The number of carbonyl (C=O) groups excluding carboxylic acids is 2. The van der Waals surface area contributed by atoms with Crippen molar-refractivity contribution in [2.75, 3.05) is 0 Å². The van der Waals surface area contributed by atoms with E-state index in [4.69, 9.17) is 4.42 Å². The van der Waals surface area contributed by atoms with E-state index in [1.807, 2.05) is 0 Å². The highest BCUT2D eigenvalue weighted by Crippen LogP contribution is 2.20. The molecule has 1 aromatic carbocycles. The van der Waals surface area contributed by atoms with Crippen LogP contribution in [0.25, 0.3) is 0 Å². The first-order valence-electron chi connectivity index (χ1n) is 7.38. The van der Waals surface area contributed by atoms with Gasteiger partial charge in [0.25, 0.3) is 5.91 Å². The third-order valence-electron chi connectivity index (χ3n) is 3.29. The Morgan fingerprint density at radius 3 is 2.75 bits per heavy atom. The van der Waals surface area contributed by atoms with E-state index in [2.05, 4.69) is 15.8 Å². The van der Waals surface area contributed by atoms with Crippen LogP contribution in [0.4, 0.5) is 0 Å². The monoisotopic (exact) mass is 329 g/mol. The number of benzene rings is 1. The quantitative estimate of drug-likeness (QED) is 0.557. The number of hydrazone groups is 1. The second kappa shape index (κ2) is 7.96. The van der Waals surface area contributed by atoms with E-state index >= 15 is 0 Å².